The van der Waals surface area contributed by atoms with E-state index in [1.54, 1.807) is 13.4 Å². The van der Waals surface area contributed by atoms with E-state index in [-0.39, 0.29) is 0 Å². The largest absolute Gasteiger partial charge is 0.469 e. The van der Waals surface area contributed by atoms with Crippen LogP contribution >= 0.6 is 0 Å². The van der Waals surface area contributed by atoms with E-state index in [1.807, 2.05) is 6.92 Å². The molecule has 2 N–H and O–H groups in total. The normalized spacial score (nSPS) is 10.9. The van der Waals surface area contributed by atoms with E-state index in [4.69, 9.17) is 9.15 Å². The highest BCUT2D eigenvalue weighted by Crippen LogP contribution is 2.04. The molecule has 0 spiro atoms. The lowest BCUT2D eigenvalue weighted by Crippen LogP contribution is -2.24. The van der Waals surface area contributed by atoms with Crippen LogP contribution in [0.15, 0.2) is 16.7 Å². The summed E-state index contributed by atoms with van der Waals surface area (Å²) >= 11 is 0. The second kappa shape index (κ2) is 8.33. The quantitative estimate of drug-likeness (QED) is 0.623. The van der Waals surface area contributed by atoms with Gasteiger partial charge in [0.2, 0.25) is 0 Å². The van der Waals surface area contributed by atoms with E-state index in [0.717, 1.165) is 45.0 Å². The van der Waals surface area contributed by atoms with Crippen LogP contribution in [0.25, 0.3) is 0 Å². The number of hydrogen-bond acceptors (Lipinski definition) is 4. The van der Waals surface area contributed by atoms with Gasteiger partial charge in [-0.25, -0.2) is 0 Å². The first-order valence-corrected chi connectivity index (χ1v) is 5.77. The van der Waals surface area contributed by atoms with Gasteiger partial charge in [-0.3, -0.25) is 0 Å². The molecular weight excluding hydrogens is 204 g/mol. The zero-order valence-corrected chi connectivity index (χ0v) is 10.2. The summed E-state index contributed by atoms with van der Waals surface area (Å²) in [5.41, 5.74) is 1.21. The van der Waals surface area contributed by atoms with Crippen molar-refractivity contribution in [2.75, 3.05) is 33.4 Å². The van der Waals surface area contributed by atoms with Gasteiger partial charge in [0.1, 0.15) is 5.76 Å². The summed E-state index contributed by atoms with van der Waals surface area (Å²) in [6, 6.07) is 2.06. The predicted octanol–water partition coefficient (Wildman–Crippen LogP) is 1.30. The van der Waals surface area contributed by atoms with Crippen LogP contribution in [0, 0.1) is 6.92 Å². The second-order valence-electron chi connectivity index (χ2n) is 3.84. The highest BCUT2D eigenvalue weighted by Gasteiger charge is 1.96. The van der Waals surface area contributed by atoms with Crippen molar-refractivity contribution in [1.82, 2.24) is 10.6 Å². The van der Waals surface area contributed by atoms with Crippen LogP contribution in [0.4, 0.5) is 0 Å². The molecule has 92 valence electrons. The Kier molecular flexibility index (Phi) is 6.88. The molecule has 4 heteroatoms. The predicted molar refractivity (Wildman–Crippen MR) is 64.5 cm³/mol. The van der Waals surface area contributed by atoms with E-state index < -0.39 is 0 Å². The van der Waals surface area contributed by atoms with Crippen LogP contribution in [-0.2, 0) is 11.3 Å². The fraction of sp³-hybridized carbons (Fsp3) is 0.667. The van der Waals surface area contributed by atoms with Crippen molar-refractivity contribution in [3.8, 4) is 0 Å². The fourth-order valence-corrected chi connectivity index (χ4v) is 1.46. The molecule has 16 heavy (non-hydrogen) atoms. The van der Waals surface area contributed by atoms with Crippen LogP contribution in [0.5, 0.6) is 0 Å². The maximum Gasteiger partial charge on any atom is 0.101 e. The highest BCUT2D eigenvalue weighted by atomic mass is 16.5. The average molecular weight is 226 g/mol. The smallest absolute Gasteiger partial charge is 0.101 e. The molecule has 0 fully saturated rings. The Morgan fingerprint density at radius 2 is 2.06 bits per heavy atom. The number of furan rings is 1. The number of methoxy groups -OCH3 is 1. The van der Waals surface area contributed by atoms with Gasteiger partial charge >= 0.3 is 0 Å². The van der Waals surface area contributed by atoms with Crippen LogP contribution in [0.2, 0.25) is 0 Å². The molecule has 0 bridgehead atoms. The lowest BCUT2D eigenvalue weighted by atomic mass is 10.3. The molecule has 0 aromatic carbocycles. The number of ether oxygens (including phenoxy) is 1. The maximum atomic E-state index is 5.22. The molecule has 0 radical (unpaired) electrons. The Bertz CT molecular complexity index is 274. The van der Waals surface area contributed by atoms with E-state index in [1.165, 1.54) is 5.56 Å². The van der Waals surface area contributed by atoms with Crippen LogP contribution in [0.1, 0.15) is 17.7 Å². The summed E-state index contributed by atoms with van der Waals surface area (Å²) in [4.78, 5) is 0. The van der Waals surface area contributed by atoms with Crippen molar-refractivity contribution in [3.05, 3.63) is 23.7 Å². The van der Waals surface area contributed by atoms with Crippen molar-refractivity contribution < 1.29 is 9.15 Å². The van der Waals surface area contributed by atoms with Gasteiger partial charge in [-0.15, -0.1) is 0 Å². The van der Waals surface area contributed by atoms with Crippen molar-refractivity contribution in [2.45, 2.75) is 19.9 Å². The first-order chi connectivity index (χ1) is 7.83. The van der Waals surface area contributed by atoms with E-state index in [2.05, 4.69) is 16.7 Å². The van der Waals surface area contributed by atoms with Gasteiger partial charge in [0.15, 0.2) is 0 Å². The molecule has 0 amide bonds. The minimum absolute atomic E-state index is 0.779. The Hall–Kier alpha value is -0.840. The van der Waals surface area contributed by atoms with Crippen molar-refractivity contribution in [2.24, 2.45) is 0 Å². The van der Waals surface area contributed by atoms with Crippen LogP contribution in [0.3, 0.4) is 0 Å². The Balaban J connectivity index is 1.88. The van der Waals surface area contributed by atoms with E-state index >= 15 is 0 Å². The highest BCUT2D eigenvalue weighted by molar-refractivity contribution is 5.10. The Labute approximate surface area is 97.4 Å². The summed E-state index contributed by atoms with van der Waals surface area (Å²) in [6.07, 6.45) is 2.93. The summed E-state index contributed by atoms with van der Waals surface area (Å²) in [7, 11) is 1.72. The monoisotopic (exact) mass is 226 g/mol. The zero-order chi connectivity index (χ0) is 11.6. The molecule has 0 saturated carbocycles. The summed E-state index contributed by atoms with van der Waals surface area (Å²) in [5, 5.41) is 6.68. The van der Waals surface area contributed by atoms with Gasteiger partial charge in [-0.1, -0.05) is 0 Å². The SMILES string of the molecule is COCCNCCCNCc1coc(C)c1. The average Bonchev–Trinajstić information content (AvgIpc) is 2.68. The molecule has 0 atom stereocenters. The summed E-state index contributed by atoms with van der Waals surface area (Å²) in [6.45, 7) is 6.60. The molecule has 0 saturated heterocycles. The lowest BCUT2D eigenvalue weighted by Gasteiger charge is -2.04. The molecule has 0 unspecified atom stereocenters. The third-order valence-electron chi connectivity index (χ3n) is 2.30. The lowest BCUT2D eigenvalue weighted by molar-refractivity contribution is 0.199. The van der Waals surface area contributed by atoms with Crippen LogP contribution < -0.4 is 10.6 Å². The number of rotatable bonds is 9. The number of nitrogens with one attached hydrogen (secondary N) is 2. The van der Waals surface area contributed by atoms with Gasteiger partial charge in [0.05, 0.1) is 12.9 Å². The third kappa shape index (κ3) is 5.90. The minimum Gasteiger partial charge on any atom is -0.469 e. The van der Waals surface area contributed by atoms with Gasteiger partial charge in [-0.05, 0) is 32.5 Å². The standard InChI is InChI=1S/C12H22N2O2/c1-11-8-12(10-16-11)9-14-5-3-4-13-6-7-15-2/h8,10,13-14H,3-7,9H2,1-2H3. The molecule has 1 aromatic rings. The van der Waals surface area contributed by atoms with E-state index in [9.17, 15) is 0 Å². The Morgan fingerprint density at radius 3 is 2.75 bits per heavy atom. The zero-order valence-electron chi connectivity index (χ0n) is 10.2. The number of aryl methyl sites for hydroxylation is 1. The number of hydrogen-bond donors (Lipinski definition) is 2. The molecule has 0 aliphatic heterocycles. The first-order valence-electron chi connectivity index (χ1n) is 5.77. The molecular formula is C12H22N2O2. The fourth-order valence-electron chi connectivity index (χ4n) is 1.46. The van der Waals surface area contributed by atoms with Crippen molar-refractivity contribution in [3.63, 3.8) is 0 Å². The summed E-state index contributed by atoms with van der Waals surface area (Å²) in [5.74, 6) is 0.970. The van der Waals surface area contributed by atoms with Crippen LogP contribution in [-0.4, -0.2) is 33.4 Å². The molecule has 0 aliphatic rings. The Morgan fingerprint density at radius 1 is 1.25 bits per heavy atom. The molecule has 1 aromatic heterocycles. The summed E-state index contributed by atoms with van der Waals surface area (Å²) < 4.78 is 10.2. The second-order valence-corrected chi connectivity index (χ2v) is 3.84. The van der Waals surface area contributed by atoms with Gasteiger partial charge in [-0.2, -0.15) is 0 Å². The molecule has 4 nitrogen and oxygen atoms in total. The van der Waals surface area contributed by atoms with Gasteiger partial charge in [0, 0.05) is 25.8 Å². The molecule has 1 heterocycles. The maximum absolute atomic E-state index is 5.22. The van der Waals surface area contributed by atoms with E-state index in [0.29, 0.717) is 0 Å². The first kappa shape index (κ1) is 13.2. The minimum atomic E-state index is 0.779. The molecule has 0 aliphatic carbocycles. The van der Waals surface area contributed by atoms with Gasteiger partial charge < -0.3 is 19.8 Å². The molecule has 1 rings (SSSR count). The van der Waals surface area contributed by atoms with Crippen molar-refractivity contribution >= 4 is 0 Å². The van der Waals surface area contributed by atoms with Crippen molar-refractivity contribution in [1.29, 1.82) is 0 Å². The van der Waals surface area contributed by atoms with Gasteiger partial charge in [0.25, 0.3) is 0 Å². The third-order valence-corrected chi connectivity index (χ3v) is 2.30. The topological polar surface area (TPSA) is 46.4 Å².